The summed E-state index contributed by atoms with van der Waals surface area (Å²) in [5.74, 6) is 1.88. The van der Waals surface area contributed by atoms with E-state index in [1.165, 1.54) is 65.7 Å². The highest BCUT2D eigenvalue weighted by Gasteiger charge is 2.29. The second kappa shape index (κ2) is 24.3. The predicted molar refractivity (Wildman–Crippen MR) is 283 cm³/mol. The Hall–Kier alpha value is -6.42. The van der Waals surface area contributed by atoms with Gasteiger partial charge in [0.25, 0.3) is 12.3 Å². The van der Waals surface area contributed by atoms with E-state index in [0.717, 1.165) is 119 Å². The van der Waals surface area contributed by atoms with Crippen LogP contribution in [0.25, 0.3) is 33.5 Å². The minimum Gasteiger partial charge on any atom is -0.444 e. The van der Waals surface area contributed by atoms with Crippen molar-refractivity contribution in [3.05, 3.63) is 137 Å². The smallest absolute Gasteiger partial charge is 0.284 e. The molecule has 0 atom stereocenters. The number of pyridine rings is 1. The van der Waals surface area contributed by atoms with Gasteiger partial charge in [0.15, 0.2) is 17.2 Å². The van der Waals surface area contributed by atoms with Crippen molar-refractivity contribution in [2.45, 2.75) is 122 Å². The molecule has 3 saturated carbocycles. The SMILES string of the molecule is CN(CCCOCCCCC(=O)c1ccc(CNCc2ccc(-c3ccc4c(cnn4CC4CC4)c3)cc2)cc1)CC1CCC(n2cc(NC(=O)c3coc(-c4ccnc(CCC5CC5)c4)n3)c(C(F)F)n2)CC1. The highest BCUT2D eigenvalue weighted by Crippen LogP contribution is 2.37. The molecule has 0 aliphatic heterocycles. The van der Waals surface area contributed by atoms with E-state index in [0.29, 0.717) is 31.1 Å². The molecule has 0 bridgehead atoms. The standard InChI is InChI=1S/C59H69F2N9O4/c1-68(36-43-15-23-51(24-16-43)69-38-52(56(67-69)57(60)61)65-58(72)53-39-74-59(66-53)48-26-27-63-50(32-48)22-14-40-6-7-40)28-4-30-73-29-3-2-5-55(71)46-19-12-42(13-20-46)34-62-33-41-10-17-45(18-11-41)47-21-25-54-49(31-47)35-64-70(54)37-44-8-9-44/h10-13,17-21,25-27,31-32,35,38-40,43-44,51,57,62H,2-9,14-16,22-24,28-30,33-34,36-37H2,1H3,(H,65,72). The van der Waals surface area contributed by atoms with Crippen LogP contribution in [0.3, 0.4) is 0 Å². The molecule has 0 radical (unpaired) electrons. The largest absolute Gasteiger partial charge is 0.444 e. The molecule has 1 amide bonds. The number of benzene rings is 3. The summed E-state index contributed by atoms with van der Waals surface area (Å²) in [5.41, 5.74) is 7.92. The number of unbranched alkanes of at least 4 members (excludes halogenated alkanes) is 1. The number of ether oxygens (including phenoxy) is 1. The topological polar surface area (TPSA) is 145 Å². The summed E-state index contributed by atoms with van der Waals surface area (Å²) < 4.78 is 43.7. The Morgan fingerprint density at radius 3 is 2.31 bits per heavy atom. The molecule has 13 nitrogen and oxygen atoms in total. The highest BCUT2D eigenvalue weighted by molar-refractivity contribution is 6.03. The van der Waals surface area contributed by atoms with Crippen LogP contribution in [-0.4, -0.2) is 79.5 Å². The fourth-order valence-corrected chi connectivity index (χ4v) is 10.3. The number of anilines is 1. The van der Waals surface area contributed by atoms with Gasteiger partial charge in [-0.3, -0.25) is 23.9 Å². The summed E-state index contributed by atoms with van der Waals surface area (Å²) >= 11 is 0. The van der Waals surface area contributed by atoms with Crippen molar-refractivity contribution in [2.75, 3.05) is 38.7 Å². The summed E-state index contributed by atoms with van der Waals surface area (Å²) in [6, 6.07) is 27.0. The monoisotopic (exact) mass is 1010 g/mol. The van der Waals surface area contributed by atoms with Gasteiger partial charge in [0.1, 0.15) is 6.26 Å². The lowest BCUT2D eigenvalue weighted by Crippen LogP contribution is -2.30. The van der Waals surface area contributed by atoms with Crippen LogP contribution >= 0.6 is 0 Å². The summed E-state index contributed by atoms with van der Waals surface area (Å²) in [5, 5.41) is 16.2. The Morgan fingerprint density at radius 1 is 0.824 bits per heavy atom. The normalized spacial score (nSPS) is 16.9. The zero-order valence-electron chi connectivity index (χ0n) is 42.6. The highest BCUT2D eigenvalue weighted by atomic mass is 19.3. The summed E-state index contributed by atoms with van der Waals surface area (Å²) in [7, 11) is 2.13. The average Bonchev–Trinajstić information content (AvgIpc) is 4.29. The number of ketones is 1. The average molecular weight is 1010 g/mol. The predicted octanol–water partition coefficient (Wildman–Crippen LogP) is 12.3. The number of hydrogen-bond acceptors (Lipinski definition) is 10. The number of hydrogen-bond donors (Lipinski definition) is 2. The number of nitrogens with one attached hydrogen (secondary N) is 2. The van der Waals surface area contributed by atoms with E-state index in [-0.39, 0.29) is 29.1 Å². The van der Waals surface area contributed by atoms with Crippen LogP contribution in [0, 0.1) is 17.8 Å². The zero-order valence-corrected chi connectivity index (χ0v) is 42.6. The Labute approximate surface area is 432 Å². The molecule has 4 heterocycles. The molecule has 2 N–H and O–H groups in total. The molecule has 7 aromatic rings. The molecule has 10 rings (SSSR count). The number of alkyl halides is 2. The first-order valence-electron chi connectivity index (χ1n) is 26.9. The zero-order chi connectivity index (χ0) is 50.8. The quantitative estimate of drug-likeness (QED) is 0.0377. The van der Waals surface area contributed by atoms with Gasteiger partial charge in [-0.05, 0) is 142 Å². The van der Waals surface area contributed by atoms with E-state index < -0.39 is 18.0 Å². The molecule has 388 valence electrons. The fraction of sp³-hybridized carbons (Fsp3) is 0.458. The number of aryl methyl sites for hydroxylation is 1. The van der Waals surface area contributed by atoms with Gasteiger partial charge in [-0.15, -0.1) is 0 Å². The van der Waals surface area contributed by atoms with Gasteiger partial charge in [0, 0.05) is 87.0 Å². The fourth-order valence-electron chi connectivity index (χ4n) is 10.3. The first-order chi connectivity index (χ1) is 36.2. The van der Waals surface area contributed by atoms with Crippen molar-refractivity contribution >= 4 is 28.3 Å². The third-order valence-electron chi connectivity index (χ3n) is 15.0. The lowest BCUT2D eigenvalue weighted by atomic mass is 9.86. The molecule has 3 aliphatic rings. The molecule has 3 fully saturated rings. The van der Waals surface area contributed by atoms with Crippen molar-refractivity contribution < 1.29 is 27.5 Å². The number of rotatable bonds is 27. The number of carbonyl (C=O) groups is 2. The van der Waals surface area contributed by atoms with Gasteiger partial charge in [0.2, 0.25) is 5.89 Å². The second-order valence-corrected chi connectivity index (χ2v) is 21.0. The van der Waals surface area contributed by atoms with Gasteiger partial charge in [-0.1, -0.05) is 67.4 Å². The molecule has 15 heteroatoms. The van der Waals surface area contributed by atoms with E-state index in [1.54, 1.807) is 16.9 Å². The van der Waals surface area contributed by atoms with Gasteiger partial charge >= 0.3 is 0 Å². The number of nitrogens with zero attached hydrogens (tertiary/aromatic N) is 7. The van der Waals surface area contributed by atoms with Crippen LogP contribution in [0.5, 0.6) is 0 Å². The first-order valence-corrected chi connectivity index (χ1v) is 26.9. The van der Waals surface area contributed by atoms with Crippen LogP contribution in [0.15, 0.2) is 108 Å². The number of halogens is 2. The van der Waals surface area contributed by atoms with Crippen molar-refractivity contribution in [1.82, 2.24) is 39.7 Å². The van der Waals surface area contributed by atoms with Crippen LogP contribution < -0.4 is 10.6 Å². The number of amides is 1. The van der Waals surface area contributed by atoms with Crippen molar-refractivity contribution in [1.29, 1.82) is 0 Å². The van der Waals surface area contributed by atoms with Gasteiger partial charge < -0.3 is 24.7 Å². The third kappa shape index (κ3) is 13.8. The Kier molecular flexibility index (Phi) is 16.8. The van der Waals surface area contributed by atoms with E-state index in [4.69, 9.17) is 9.15 Å². The van der Waals surface area contributed by atoms with E-state index in [9.17, 15) is 18.4 Å². The number of Topliss-reactive ketones (excluding diaryl/α,β-unsaturated/α-hetero) is 1. The first kappa shape index (κ1) is 51.1. The number of fused-ring (bicyclic) bond motifs is 1. The molecule has 74 heavy (non-hydrogen) atoms. The Morgan fingerprint density at radius 2 is 1.55 bits per heavy atom. The Balaban J connectivity index is 0.569. The van der Waals surface area contributed by atoms with Crippen LogP contribution in [-0.2, 0) is 30.8 Å². The van der Waals surface area contributed by atoms with Crippen molar-refractivity contribution in [2.24, 2.45) is 17.8 Å². The maximum Gasteiger partial charge on any atom is 0.284 e. The van der Waals surface area contributed by atoms with Gasteiger partial charge in [-0.2, -0.15) is 10.2 Å². The van der Waals surface area contributed by atoms with Crippen LogP contribution in [0.1, 0.15) is 139 Å². The van der Waals surface area contributed by atoms with E-state index in [1.807, 2.05) is 36.5 Å². The van der Waals surface area contributed by atoms with Crippen LogP contribution in [0.2, 0.25) is 0 Å². The van der Waals surface area contributed by atoms with Crippen molar-refractivity contribution in [3.63, 3.8) is 0 Å². The Bertz CT molecular complexity index is 2950. The summed E-state index contributed by atoms with van der Waals surface area (Å²) in [6.07, 6.45) is 17.4. The van der Waals surface area contributed by atoms with E-state index in [2.05, 4.69) is 89.9 Å². The van der Waals surface area contributed by atoms with E-state index >= 15 is 0 Å². The molecular weight excluding hydrogens is 937 g/mol. The molecule has 0 saturated heterocycles. The maximum absolute atomic E-state index is 14.2. The van der Waals surface area contributed by atoms with Crippen molar-refractivity contribution in [3.8, 4) is 22.6 Å². The molecule has 0 unspecified atom stereocenters. The van der Waals surface area contributed by atoms with Gasteiger partial charge in [-0.25, -0.2) is 13.8 Å². The third-order valence-corrected chi connectivity index (χ3v) is 15.0. The molecule has 4 aromatic heterocycles. The molecule has 3 aliphatic carbocycles. The molecule has 0 spiro atoms. The number of oxazole rings is 1. The molecule has 3 aromatic carbocycles. The second-order valence-electron chi connectivity index (χ2n) is 21.0. The lowest BCUT2D eigenvalue weighted by Gasteiger charge is -2.31. The summed E-state index contributed by atoms with van der Waals surface area (Å²) in [6.45, 7) is 5.69. The maximum atomic E-state index is 14.2. The minimum absolute atomic E-state index is 0.000846. The number of aromatic nitrogens is 6. The van der Waals surface area contributed by atoms with Crippen LogP contribution in [0.4, 0.5) is 14.5 Å². The molecular formula is C59H69F2N9O4. The van der Waals surface area contributed by atoms with Gasteiger partial charge in [0.05, 0.1) is 23.4 Å². The minimum atomic E-state index is -2.85. The summed E-state index contributed by atoms with van der Waals surface area (Å²) in [4.78, 5) is 37.3. The lowest BCUT2D eigenvalue weighted by molar-refractivity contribution is 0.0959. The number of carbonyl (C=O) groups excluding carboxylic acids is 2.